The first kappa shape index (κ1) is 22.0. The van der Waals surface area contributed by atoms with E-state index in [-0.39, 0.29) is 12.5 Å². The van der Waals surface area contributed by atoms with Gasteiger partial charge in [0.25, 0.3) is 0 Å². The van der Waals surface area contributed by atoms with E-state index in [0.29, 0.717) is 4.90 Å². The summed E-state index contributed by atoms with van der Waals surface area (Å²) in [7, 11) is 0. The molecule has 0 aliphatic carbocycles. The third kappa shape index (κ3) is 7.86. The van der Waals surface area contributed by atoms with E-state index in [0.717, 1.165) is 10.0 Å². The predicted octanol–water partition coefficient (Wildman–Crippen LogP) is 4.44. The van der Waals surface area contributed by atoms with Crippen LogP contribution in [0.15, 0.2) is 33.7 Å². The molecule has 2 amide bonds. The van der Waals surface area contributed by atoms with Crippen molar-refractivity contribution < 1.29 is 19.1 Å². The number of benzene rings is 1. The van der Waals surface area contributed by atoms with Gasteiger partial charge in [-0.1, -0.05) is 28.1 Å². The van der Waals surface area contributed by atoms with E-state index in [4.69, 9.17) is 15.2 Å². The lowest BCUT2D eigenvalue weighted by Gasteiger charge is -2.27. The number of hydrogen-bond acceptors (Lipinski definition) is 5. The standard InChI is InChI=1S/C18H26BrN3O4/c1-17(2,3)25-15(23)22(16(24)26-18(4,5)6)14(20)21-11-12-8-7-9-13(19)10-12/h7-10H,11H2,1-6H3,(H2,20,21). The van der Waals surface area contributed by atoms with Crippen LogP contribution in [0.3, 0.4) is 0 Å². The number of aliphatic imine (C=N–C) groups is 1. The predicted molar refractivity (Wildman–Crippen MR) is 104 cm³/mol. The maximum atomic E-state index is 12.4. The average Bonchev–Trinajstić information content (AvgIpc) is 2.41. The van der Waals surface area contributed by atoms with Gasteiger partial charge in [0.1, 0.15) is 11.2 Å². The summed E-state index contributed by atoms with van der Waals surface area (Å²) in [5.74, 6) is -0.298. The second-order valence-electron chi connectivity index (χ2n) is 7.60. The number of carbonyl (C=O) groups excluding carboxylic acids is 2. The van der Waals surface area contributed by atoms with Crippen molar-refractivity contribution in [3.63, 3.8) is 0 Å². The number of hydrogen-bond donors (Lipinski definition) is 1. The fourth-order valence-corrected chi connectivity index (χ4v) is 2.20. The number of halogens is 1. The highest BCUT2D eigenvalue weighted by Gasteiger charge is 2.33. The van der Waals surface area contributed by atoms with Gasteiger partial charge in [-0.2, -0.15) is 0 Å². The van der Waals surface area contributed by atoms with E-state index in [2.05, 4.69) is 20.9 Å². The largest absolute Gasteiger partial charge is 0.443 e. The van der Waals surface area contributed by atoms with Crippen LogP contribution in [0.25, 0.3) is 0 Å². The minimum absolute atomic E-state index is 0.188. The van der Waals surface area contributed by atoms with Gasteiger partial charge >= 0.3 is 12.2 Å². The molecule has 0 radical (unpaired) electrons. The van der Waals surface area contributed by atoms with Crippen molar-refractivity contribution in [2.45, 2.75) is 59.3 Å². The highest BCUT2D eigenvalue weighted by atomic mass is 79.9. The normalized spacial score (nSPS) is 12.5. The summed E-state index contributed by atoms with van der Waals surface area (Å²) in [5, 5.41) is 0. The van der Waals surface area contributed by atoms with E-state index in [1.54, 1.807) is 41.5 Å². The number of nitrogens with two attached hydrogens (primary N) is 1. The van der Waals surface area contributed by atoms with Gasteiger partial charge in [0, 0.05) is 4.47 Å². The maximum absolute atomic E-state index is 12.4. The molecule has 7 nitrogen and oxygen atoms in total. The number of rotatable bonds is 2. The fraction of sp³-hybridized carbons (Fsp3) is 0.500. The molecule has 0 bridgehead atoms. The zero-order valence-electron chi connectivity index (χ0n) is 16.0. The molecule has 0 aliphatic rings. The Balaban J connectivity index is 3.06. The Morgan fingerprint density at radius 2 is 1.58 bits per heavy atom. The summed E-state index contributed by atoms with van der Waals surface area (Å²) in [5.41, 5.74) is 5.16. The van der Waals surface area contributed by atoms with Crippen molar-refractivity contribution in [3.8, 4) is 0 Å². The first-order chi connectivity index (χ1) is 11.8. The minimum atomic E-state index is -0.942. The van der Waals surface area contributed by atoms with Crippen LogP contribution in [-0.4, -0.2) is 34.2 Å². The van der Waals surface area contributed by atoms with Gasteiger partial charge in [-0.3, -0.25) is 0 Å². The molecule has 0 unspecified atom stereocenters. The molecular formula is C18H26BrN3O4. The Hall–Kier alpha value is -2.09. The Kier molecular flexibility index (Phi) is 7.20. The van der Waals surface area contributed by atoms with E-state index in [1.807, 2.05) is 24.3 Å². The van der Waals surface area contributed by atoms with E-state index < -0.39 is 23.4 Å². The zero-order chi connectivity index (χ0) is 20.1. The van der Waals surface area contributed by atoms with Crippen LogP contribution >= 0.6 is 15.9 Å². The number of guanidine groups is 1. The summed E-state index contributed by atoms with van der Waals surface area (Å²) < 4.78 is 11.4. The molecule has 0 fully saturated rings. The molecule has 26 heavy (non-hydrogen) atoms. The van der Waals surface area contributed by atoms with E-state index in [9.17, 15) is 9.59 Å². The summed E-state index contributed by atoms with van der Waals surface area (Å²) in [6, 6.07) is 7.45. The second-order valence-corrected chi connectivity index (χ2v) is 8.52. The molecule has 0 saturated heterocycles. The molecule has 8 heteroatoms. The van der Waals surface area contributed by atoms with Crippen LogP contribution in [0.2, 0.25) is 0 Å². The van der Waals surface area contributed by atoms with Crippen LogP contribution < -0.4 is 5.73 Å². The molecule has 1 aromatic carbocycles. The summed E-state index contributed by atoms with van der Waals surface area (Å²) in [6.07, 6.45) is -1.88. The van der Waals surface area contributed by atoms with Gasteiger partial charge in [0.05, 0.1) is 6.54 Å². The average molecular weight is 428 g/mol. The third-order valence-corrected chi connectivity index (χ3v) is 3.19. The van der Waals surface area contributed by atoms with Gasteiger partial charge in [-0.15, -0.1) is 4.90 Å². The highest BCUT2D eigenvalue weighted by molar-refractivity contribution is 9.10. The Morgan fingerprint density at radius 1 is 1.08 bits per heavy atom. The summed E-state index contributed by atoms with van der Waals surface area (Å²) >= 11 is 3.37. The first-order valence-corrected chi connectivity index (χ1v) is 8.88. The first-order valence-electron chi connectivity index (χ1n) is 8.09. The van der Waals surface area contributed by atoms with Crippen molar-refractivity contribution in [2.75, 3.05) is 0 Å². The maximum Gasteiger partial charge on any atom is 0.427 e. The molecule has 0 aliphatic heterocycles. The SMILES string of the molecule is CC(C)(C)OC(=O)N(C(=O)OC(C)(C)C)C(N)=NCc1cccc(Br)c1. The molecule has 0 aromatic heterocycles. The van der Waals surface area contributed by atoms with Gasteiger partial charge in [-0.05, 0) is 59.2 Å². The van der Waals surface area contributed by atoms with Crippen LogP contribution in [0.5, 0.6) is 0 Å². The molecule has 0 spiro atoms. The molecule has 2 N–H and O–H groups in total. The topological polar surface area (TPSA) is 94.2 Å². The number of ether oxygens (including phenoxy) is 2. The fourth-order valence-electron chi connectivity index (χ4n) is 1.76. The number of nitrogens with zero attached hydrogens (tertiary/aromatic N) is 2. The van der Waals surface area contributed by atoms with Gasteiger partial charge in [0.15, 0.2) is 0 Å². The van der Waals surface area contributed by atoms with Crippen molar-refractivity contribution in [2.24, 2.45) is 10.7 Å². The molecule has 144 valence electrons. The minimum Gasteiger partial charge on any atom is -0.443 e. The summed E-state index contributed by atoms with van der Waals surface area (Å²) in [6.45, 7) is 10.3. The number of amides is 2. The zero-order valence-corrected chi connectivity index (χ0v) is 17.6. The summed E-state index contributed by atoms with van der Waals surface area (Å²) in [4.78, 5) is 29.6. The smallest absolute Gasteiger partial charge is 0.427 e. The second kappa shape index (κ2) is 8.53. The number of imide groups is 1. The molecule has 0 atom stereocenters. The molecule has 0 heterocycles. The van der Waals surface area contributed by atoms with E-state index in [1.165, 1.54) is 0 Å². The highest BCUT2D eigenvalue weighted by Crippen LogP contribution is 2.16. The molecule has 1 rings (SSSR count). The van der Waals surface area contributed by atoms with Crippen molar-refractivity contribution in [3.05, 3.63) is 34.3 Å². The monoisotopic (exact) mass is 427 g/mol. The Labute approximate surface area is 162 Å². The lowest BCUT2D eigenvalue weighted by molar-refractivity contribution is 0.0145. The van der Waals surface area contributed by atoms with Gasteiger partial charge in [0.2, 0.25) is 5.96 Å². The molecular weight excluding hydrogens is 402 g/mol. The molecule has 1 aromatic rings. The van der Waals surface area contributed by atoms with Crippen molar-refractivity contribution >= 4 is 34.1 Å². The van der Waals surface area contributed by atoms with Crippen LogP contribution in [0.4, 0.5) is 9.59 Å². The Bertz CT molecular complexity index is 662. The van der Waals surface area contributed by atoms with Crippen molar-refractivity contribution in [1.29, 1.82) is 0 Å². The quantitative estimate of drug-likeness (QED) is 0.555. The Morgan fingerprint density at radius 3 is 2.00 bits per heavy atom. The van der Waals surface area contributed by atoms with Gasteiger partial charge in [-0.25, -0.2) is 14.6 Å². The van der Waals surface area contributed by atoms with Crippen molar-refractivity contribution in [1.82, 2.24) is 4.90 Å². The lowest BCUT2D eigenvalue weighted by Crippen LogP contribution is -2.50. The lowest BCUT2D eigenvalue weighted by atomic mass is 10.2. The van der Waals surface area contributed by atoms with Crippen LogP contribution in [0, 0.1) is 0 Å². The van der Waals surface area contributed by atoms with Crippen LogP contribution in [0.1, 0.15) is 47.1 Å². The third-order valence-electron chi connectivity index (χ3n) is 2.69. The van der Waals surface area contributed by atoms with E-state index >= 15 is 0 Å². The van der Waals surface area contributed by atoms with Gasteiger partial charge < -0.3 is 15.2 Å². The molecule has 0 saturated carbocycles. The van der Waals surface area contributed by atoms with Crippen LogP contribution in [-0.2, 0) is 16.0 Å². The number of carbonyl (C=O) groups is 2.